The van der Waals surface area contributed by atoms with Gasteiger partial charge in [-0.2, -0.15) is 5.10 Å². The predicted octanol–water partition coefficient (Wildman–Crippen LogP) is 4.24. The van der Waals surface area contributed by atoms with E-state index in [-0.39, 0.29) is 12.5 Å². The van der Waals surface area contributed by atoms with E-state index in [2.05, 4.69) is 47.1 Å². The zero-order valence-corrected chi connectivity index (χ0v) is 16.7. The normalized spacial score (nSPS) is 11.0. The number of para-hydroxylation sites is 2. The molecule has 1 amide bonds. The third kappa shape index (κ3) is 4.31. The highest BCUT2D eigenvalue weighted by atomic mass is 16.5. The van der Waals surface area contributed by atoms with E-state index in [1.54, 1.807) is 6.21 Å². The lowest BCUT2D eigenvalue weighted by Crippen LogP contribution is -2.24. The minimum Gasteiger partial charge on any atom is -0.483 e. The molecule has 1 heterocycles. The van der Waals surface area contributed by atoms with E-state index in [1.165, 1.54) is 5.56 Å². The number of hydrogen-bond acceptors (Lipinski definition) is 3. The minimum absolute atomic E-state index is 0.0789. The molecule has 5 heteroatoms. The van der Waals surface area contributed by atoms with Gasteiger partial charge >= 0.3 is 0 Å². The first-order chi connectivity index (χ1) is 13.5. The van der Waals surface area contributed by atoms with Crippen LogP contribution in [0, 0.1) is 27.7 Å². The Kier molecular flexibility index (Phi) is 5.94. The second-order valence-corrected chi connectivity index (χ2v) is 6.80. The lowest BCUT2D eigenvalue weighted by molar-refractivity contribution is -0.123. The van der Waals surface area contributed by atoms with Gasteiger partial charge in [0.05, 0.1) is 6.21 Å². The molecule has 5 nitrogen and oxygen atoms in total. The van der Waals surface area contributed by atoms with Crippen molar-refractivity contribution < 1.29 is 9.53 Å². The lowest BCUT2D eigenvalue weighted by Gasteiger charge is -2.12. The fraction of sp³-hybridized carbons (Fsp3) is 0.217. The van der Waals surface area contributed by atoms with Crippen LogP contribution in [0.15, 0.2) is 59.7 Å². The highest BCUT2D eigenvalue weighted by Gasteiger charge is 2.11. The number of nitrogens with one attached hydrogen (secondary N) is 1. The van der Waals surface area contributed by atoms with Crippen LogP contribution in [-0.2, 0) is 4.79 Å². The van der Waals surface area contributed by atoms with Crippen molar-refractivity contribution in [2.75, 3.05) is 6.61 Å². The van der Waals surface area contributed by atoms with Crippen molar-refractivity contribution in [3.8, 4) is 11.4 Å². The van der Waals surface area contributed by atoms with Gasteiger partial charge in [0.1, 0.15) is 5.75 Å². The van der Waals surface area contributed by atoms with E-state index in [1.807, 2.05) is 50.2 Å². The van der Waals surface area contributed by atoms with Crippen LogP contribution < -0.4 is 10.2 Å². The average molecular weight is 375 g/mol. The van der Waals surface area contributed by atoms with E-state index in [0.29, 0.717) is 5.75 Å². The molecule has 28 heavy (non-hydrogen) atoms. The van der Waals surface area contributed by atoms with E-state index >= 15 is 0 Å². The van der Waals surface area contributed by atoms with Crippen molar-refractivity contribution in [2.45, 2.75) is 27.7 Å². The van der Waals surface area contributed by atoms with E-state index in [4.69, 9.17) is 4.74 Å². The number of aryl methyl sites for hydroxylation is 3. The summed E-state index contributed by atoms with van der Waals surface area (Å²) in [6.07, 6.45) is 1.67. The Morgan fingerprint density at radius 1 is 1.04 bits per heavy atom. The molecule has 0 aliphatic rings. The van der Waals surface area contributed by atoms with Crippen LogP contribution >= 0.6 is 0 Å². The van der Waals surface area contributed by atoms with Crippen LogP contribution in [-0.4, -0.2) is 23.3 Å². The monoisotopic (exact) mass is 375 g/mol. The van der Waals surface area contributed by atoms with Crippen LogP contribution in [0.1, 0.15) is 28.1 Å². The summed E-state index contributed by atoms with van der Waals surface area (Å²) in [4.78, 5) is 12.0. The van der Waals surface area contributed by atoms with E-state index < -0.39 is 0 Å². The Bertz CT molecular complexity index is 1020. The van der Waals surface area contributed by atoms with Gasteiger partial charge in [-0.1, -0.05) is 36.4 Å². The number of carbonyl (C=O) groups excluding carboxylic acids is 1. The van der Waals surface area contributed by atoms with Gasteiger partial charge in [0.25, 0.3) is 5.91 Å². The molecular weight excluding hydrogens is 350 g/mol. The second kappa shape index (κ2) is 8.57. The Morgan fingerprint density at radius 3 is 2.43 bits per heavy atom. The molecule has 1 N–H and O–H groups in total. The Balaban J connectivity index is 1.65. The van der Waals surface area contributed by atoms with Gasteiger partial charge in [-0.25, -0.2) is 5.43 Å². The first-order valence-electron chi connectivity index (χ1n) is 9.22. The first-order valence-corrected chi connectivity index (χ1v) is 9.22. The molecule has 1 aromatic heterocycles. The summed E-state index contributed by atoms with van der Waals surface area (Å²) in [5.41, 5.74) is 9.00. The molecule has 0 unspecified atom stereocenters. The van der Waals surface area contributed by atoms with Gasteiger partial charge in [0.2, 0.25) is 0 Å². The summed E-state index contributed by atoms with van der Waals surface area (Å²) in [6.45, 7) is 8.06. The summed E-state index contributed by atoms with van der Waals surface area (Å²) < 4.78 is 7.72. The van der Waals surface area contributed by atoms with Crippen molar-refractivity contribution in [1.82, 2.24) is 9.99 Å². The van der Waals surface area contributed by atoms with Gasteiger partial charge < -0.3 is 9.30 Å². The average Bonchev–Trinajstić information content (AvgIpc) is 2.95. The highest BCUT2D eigenvalue weighted by molar-refractivity contribution is 5.84. The molecule has 0 saturated carbocycles. The molecule has 0 fully saturated rings. The van der Waals surface area contributed by atoms with Crippen LogP contribution in [0.4, 0.5) is 0 Å². The number of benzene rings is 2. The molecule has 0 saturated heterocycles. The molecule has 0 radical (unpaired) electrons. The van der Waals surface area contributed by atoms with Gasteiger partial charge in [-0.15, -0.1) is 0 Å². The molecule has 0 aliphatic heterocycles. The van der Waals surface area contributed by atoms with Gasteiger partial charge in [-0.05, 0) is 57.0 Å². The number of hydrazone groups is 1. The topological polar surface area (TPSA) is 55.6 Å². The van der Waals surface area contributed by atoms with Crippen molar-refractivity contribution in [1.29, 1.82) is 0 Å². The molecule has 0 bridgehead atoms. The summed E-state index contributed by atoms with van der Waals surface area (Å²) in [6, 6.07) is 17.9. The van der Waals surface area contributed by atoms with Crippen molar-refractivity contribution in [3.05, 3.63) is 82.7 Å². The number of ether oxygens (including phenoxy) is 1. The number of nitrogens with zero attached hydrogens (tertiary/aromatic N) is 2. The second-order valence-electron chi connectivity index (χ2n) is 6.80. The molecule has 2 aromatic carbocycles. The van der Waals surface area contributed by atoms with Gasteiger partial charge in [0, 0.05) is 22.6 Å². The Labute approximate surface area is 165 Å². The lowest BCUT2D eigenvalue weighted by atomic mass is 10.2. The first kappa shape index (κ1) is 19.4. The predicted molar refractivity (Wildman–Crippen MR) is 112 cm³/mol. The zero-order valence-electron chi connectivity index (χ0n) is 16.7. The summed E-state index contributed by atoms with van der Waals surface area (Å²) in [7, 11) is 0. The Morgan fingerprint density at radius 2 is 1.71 bits per heavy atom. The van der Waals surface area contributed by atoms with Crippen LogP contribution in [0.3, 0.4) is 0 Å². The SMILES string of the molecule is Cc1ccccc1OCC(=O)N/N=C/c1cc(C)n(-c2ccccc2C)c1C. The summed E-state index contributed by atoms with van der Waals surface area (Å²) in [5.74, 6) is 0.399. The van der Waals surface area contributed by atoms with Crippen LogP contribution in [0.5, 0.6) is 5.75 Å². The maximum Gasteiger partial charge on any atom is 0.277 e. The number of hydrogen-bond donors (Lipinski definition) is 1. The van der Waals surface area contributed by atoms with Gasteiger partial charge in [-0.3, -0.25) is 4.79 Å². The fourth-order valence-electron chi connectivity index (χ4n) is 3.17. The van der Waals surface area contributed by atoms with E-state index in [0.717, 1.165) is 28.2 Å². The highest BCUT2D eigenvalue weighted by Crippen LogP contribution is 2.22. The quantitative estimate of drug-likeness (QED) is 0.517. The molecule has 0 spiro atoms. The summed E-state index contributed by atoms with van der Waals surface area (Å²) in [5, 5.41) is 4.09. The van der Waals surface area contributed by atoms with E-state index in [9.17, 15) is 4.79 Å². The molecule has 3 aromatic rings. The smallest absolute Gasteiger partial charge is 0.277 e. The van der Waals surface area contributed by atoms with Crippen molar-refractivity contribution in [2.24, 2.45) is 5.10 Å². The minimum atomic E-state index is -0.299. The largest absolute Gasteiger partial charge is 0.483 e. The molecule has 0 atom stereocenters. The molecular formula is C23H25N3O2. The molecule has 3 rings (SSSR count). The third-order valence-corrected chi connectivity index (χ3v) is 4.67. The number of amides is 1. The van der Waals surface area contributed by atoms with Crippen LogP contribution in [0.2, 0.25) is 0 Å². The zero-order chi connectivity index (χ0) is 20.1. The van der Waals surface area contributed by atoms with Crippen molar-refractivity contribution >= 4 is 12.1 Å². The number of aromatic nitrogens is 1. The van der Waals surface area contributed by atoms with Crippen LogP contribution in [0.25, 0.3) is 5.69 Å². The fourth-order valence-corrected chi connectivity index (χ4v) is 3.17. The molecule has 0 aliphatic carbocycles. The summed E-state index contributed by atoms with van der Waals surface area (Å²) >= 11 is 0. The standard InChI is InChI=1S/C23H25N3O2/c1-16-9-5-7-11-21(16)26-18(3)13-20(19(26)4)14-24-25-23(27)15-28-22-12-8-6-10-17(22)2/h5-14H,15H2,1-4H3,(H,25,27)/b24-14+. The number of carbonyl (C=O) groups is 1. The maximum absolute atomic E-state index is 12.0. The maximum atomic E-state index is 12.0. The number of rotatable bonds is 6. The third-order valence-electron chi connectivity index (χ3n) is 4.67. The van der Waals surface area contributed by atoms with Crippen molar-refractivity contribution in [3.63, 3.8) is 0 Å². The molecule has 144 valence electrons. The van der Waals surface area contributed by atoms with Gasteiger partial charge in [0.15, 0.2) is 6.61 Å². The Hall–Kier alpha value is -3.34.